The molecular weight excluding hydrogens is 226 g/mol. The molecule has 1 heterocycles. The van der Waals surface area contributed by atoms with Gasteiger partial charge in [0.1, 0.15) is 0 Å². The Bertz CT molecular complexity index is 596. The maximum atomic E-state index is 11.7. The molecule has 0 unspecified atom stereocenters. The Morgan fingerprint density at radius 1 is 1.22 bits per heavy atom. The molecule has 0 aliphatic heterocycles. The zero-order chi connectivity index (χ0) is 13.3. The Balaban J connectivity index is 2.53. The van der Waals surface area contributed by atoms with Gasteiger partial charge in [-0.05, 0) is 44.4 Å². The number of aryl methyl sites for hydroxylation is 3. The average molecular weight is 245 g/mol. The molecule has 0 amide bonds. The number of benzene rings is 1. The van der Waals surface area contributed by atoms with Crippen LogP contribution in [0, 0.1) is 20.8 Å². The lowest BCUT2D eigenvalue weighted by Gasteiger charge is -2.05. The zero-order valence-corrected chi connectivity index (χ0v) is 11.4. The number of ether oxygens (including phenoxy) is 1. The third kappa shape index (κ3) is 2.13. The van der Waals surface area contributed by atoms with Gasteiger partial charge in [0, 0.05) is 16.6 Å². The summed E-state index contributed by atoms with van der Waals surface area (Å²) in [6.07, 6.45) is 0.337. The van der Waals surface area contributed by atoms with Crippen molar-refractivity contribution in [3.63, 3.8) is 0 Å². The number of nitrogens with one attached hydrogen (secondary N) is 1. The highest BCUT2D eigenvalue weighted by Gasteiger charge is 2.15. The van der Waals surface area contributed by atoms with E-state index in [0.29, 0.717) is 13.0 Å². The Morgan fingerprint density at radius 3 is 2.56 bits per heavy atom. The van der Waals surface area contributed by atoms with Crippen molar-refractivity contribution >= 4 is 16.9 Å². The molecule has 0 saturated heterocycles. The molecule has 0 fully saturated rings. The van der Waals surface area contributed by atoms with Crippen LogP contribution in [0.15, 0.2) is 12.1 Å². The molecule has 3 heteroatoms. The smallest absolute Gasteiger partial charge is 0.310 e. The van der Waals surface area contributed by atoms with Crippen LogP contribution in [0.3, 0.4) is 0 Å². The van der Waals surface area contributed by atoms with Gasteiger partial charge >= 0.3 is 5.97 Å². The van der Waals surface area contributed by atoms with Crippen molar-refractivity contribution in [3.05, 3.63) is 34.5 Å². The summed E-state index contributed by atoms with van der Waals surface area (Å²) < 4.78 is 5.04. The number of carbonyl (C=O) groups is 1. The van der Waals surface area contributed by atoms with Crippen molar-refractivity contribution < 1.29 is 9.53 Å². The summed E-state index contributed by atoms with van der Waals surface area (Å²) in [5.41, 5.74) is 5.64. The first kappa shape index (κ1) is 12.7. The molecule has 2 rings (SSSR count). The summed E-state index contributed by atoms with van der Waals surface area (Å²) in [6, 6.07) is 4.20. The number of hydrogen-bond donors (Lipinski definition) is 1. The molecule has 0 bridgehead atoms. The van der Waals surface area contributed by atoms with Crippen LogP contribution in [0.2, 0.25) is 0 Å². The van der Waals surface area contributed by atoms with Crippen molar-refractivity contribution in [3.8, 4) is 0 Å². The highest BCUT2D eigenvalue weighted by molar-refractivity contribution is 5.92. The van der Waals surface area contributed by atoms with Crippen LogP contribution in [-0.4, -0.2) is 17.6 Å². The Morgan fingerprint density at radius 2 is 1.89 bits per heavy atom. The molecule has 2 aromatic rings. The quantitative estimate of drug-likeness (QED) is 0.844. The minimum atomic E-state index is -0.164. The Labute approximate surface area is 107 Å². The highest BCUT2D eigenvalue weighted by Crippen LogP contribution is 2.28. The van der Waals surface area contributed by atoms with Gasteiger partial charge in [0.15, 0.2) is 0 Å². The Kier molecular flexibility index (Phi) is 3.41. The predicted molar refractivity (Wildman–Crippen MR) is 72.8 cm³/mol. The minimum absolute atomic E-state index is 0.164. The number of H-pyrrole nitrogens is 1. The van der Waals surface area contributed by atoms with E-state index >= 15 is 0 Å². The third-order valence-electron chi connectivity index (χ3n) is 3.32. The molecule has 0 aliphatic carbocycles. The summed E-state index contributed by atoms with van der Waals surface area (Å²) in [7, 11) is 0. The molecule has 3 nitrogen and oxygen atoms in total. The van der Waals surface area contributed by atoms with Crippen molar-refractivity contribution in [2.24, 2.45) is 0 Å². The second kappa shape index (κ2) is 4.84. The van der Waals surface area contributed by atoms with Gasteiger partial charge in [0.25, 0.3) is 0 Å². The van der Waals surface area contributed by atoms with Crippen molar-refractivity contribution in [1.29, 1.82) is 0 Å². The van der Waals surface area contributed by atoms with Crippen molar-refractivity contribution in [1.82, 2.24) is 4.98 Å². The van der Waals surface area contributed by atoms with Crippen LogP contribution in [0.4, 0.5) is 0 Å². The van der Waals surface area contributed by atoms with E-state index in [9.17, 15) is 4.79 Å². The van der Waals surface area contributed by atoms with Gasteiger partial charge in [-0.1, -0.05) is 12.1 Å². The zero-order valence-electron chi connectivity index (χ0n) is 11.4. The van der Waals surface area contributed by atoms with Crippen LogP contribution in [0.1, 0.15) is 29.3 Å². The Hall–Kier alpha value is -1.77. The van der Waals surface area contributed by atoms with E-state index in [-0.39, 0.29) is 5.97 Å². The van der Waals surface area contributed by atoms with Gasteiger partial charge in [0.05, 0.1) is 13.0 Å². The van der Waals surface area contributed by atoms with Gasteiger partial charge in [-0.15, -0.1) is 0 Å². The lowest BCUT2D eigenvalue weighted by Crippen LogP contribution is -2.08. The first-order chi connectivity index (χ1) is 8.54. The van der Waals surface area contributed by atoms with Gasteiger partial charge in [-0.2, -0.15) is 0 Å². The van der Waals surface area contributed by atoms with Crippen LogP contribution < -0.4 is 0 Å². The van der Waals surface area contributed by atoms with Gasteiger partial charge in [0.2, 0.25) is 0 Å². The number of esters is 1. The van der Waals surface area contributed by atoms with Crippen molar-refractivity contribution in [2.45, 2.75) is 34.1 Å². The molecule has 18 heavy (non-hydrogen) atoms. The molecular formula is C15H19NO2. The summed E-state index contributed by atoms with van der Waals surface area (Å²) in [6.45, 7) is 8.41. The molecule has 0 spiro atoms. The lowest BCUT2D eigenvalue weighted by atomic mass is 10.0. The fourth-order valence-electron chi connectivity index (χ4n) is 2.39. The van der Waals surface area contributed by atoms with Gasteiger partial charge in [-0.25, -0.2) is 0 Å². The standard InChI is InChI=1S/C15H19NO2/c1-5-18-13(17)8-12-11(4)16-15-10(3)7-6-9(2)14(12)15/h6-7,16H,5,8H2,1-4H3. The molecule has 1 aromatic carbocycles. The van der Waals surface area contributed by atoms with Gasteiger partial charge < -0.3 is 9.72 Å². The van der Waals surface area contributed by atoms with Crippen LogP contribution in [0.5, 0.6) is 0 Å². The highest BCUT2D eigenvalue weighted by atomic mass is 16.5. The second-order valence-corrected chi connectivity index (χ2v) is 4.66. The van der Waals surface area contributed by atoms with Crippen LogP contribution in [0.25, 0.3) is 10.9 Å². The molecule has 1 N–H and O–H groups in total. The number of aromatic nitrogens is 1. The molecule has 1 aromatic heterocycles. The molecule has 0 aliphatic rings. The first-order valence-corrected chi connectivity index (χ1v) is 6.27. The lowest BCUT2D eigenvalue weighted by molar-refractivity contribution is -0.142. The van der Waals surface area contributed by atoms with Gasteiger partial charge in [-0.3, -0.25) is 4.79 Å². The first-order valence-electron chi connectivity index (χ1n) is 6.27. The monoisotopic (exact) mass is 245 g/mol. The summed E-state index contributed by atoms with van der Waals surface area (Å²) in [5, 5.41) is 1.17. The SMILES string of the molecule is CCOC(=O)Cc1c(C)[nH]c2c(C)ccc(C)c12. The van der Waals surface area contributed by atoms with Crippen LogP contribution in [-0.2, 0) is 16.0 Å². The fourth-order valence-corrected chi connectivity index (χ4v) is 2.39. The van der Waals surface area contributed by atoms with Crippen molar-refractivity contribution in [2.75, 3.05) is 6.61 Å². The minimum Gasteiger partial charge on any atom is -0.466 e. The summed E-state index contributed by atoms with van der Waals surface area (Å²) in [5.74, 6) is -0.164. The normalized spacial score (nSPS) is 10.9. The van der Waals surface area contributed by atoms with E-state index in [2.05, 4.69) is 31.0 Å². The van der Waals surface area contributed by atoms with Crippen LogP contribution >= 0.6 is 0 Å². The largest absolute Gasteiger partial charge is 0.466 e. The van der Waals surface area contributed by atoms with E-state index in [4.69, 9.17) is 4.74 Å². The number of rotatable bonds is 3. The summed E-state index contributed by atoms with van der Waals surface area (Å²) >= 11 is 0. The number of fused-ring (bicyclic) bond motifs is 1. The molecule has 0 saturated carbocycles. The average Bonchev–Trinajstić information content (AvgIpc) is 2.63. The molecule has 0 radical (unpaired) electrons. The predicted octanol–water partition coefficient (Wildman–Crippen LogP) is 3.20. The molecule has 96 valence electrons. The third-order valence-corrected chi connectivity index (χ3v) is 3.32. The summed E-state index contributed by atoms with van der Waals surface area (Å²) in [4.78, 5) is 15.0. The second-order valence-electron chi connectivity index (χ2n) is 4.66. The number of carbonyl (C=O) groups excluding carboxylic acids is 1. The maximum absolute atomic E-state index is 11.7. The number of aromatic amines is 1. The topological polar surface area (TPSA) is 42.1 Å². The molecule has 0 atom stereocenters. The number of hydrogen-bond acceptors (Lipinski definition) is 2. The van der Waals surface area contributed by atoms with E-state index in [0.717, 1.165) is 16.8 Å². The maximum Gasteiger partial charge on any atom is 0.310 e. The van der Waals surface area contributed by atoms with E-state index in [1.54, 1.807) is 0 Å². The van der Waals surface area contributed by atoms with E-state index in [1.165, 1.54) is 16.5 Å². The van der Waals surface area contributed by atoms with E-state index in [1.807, 2.05) is 13.8 Å². The fraction of sp³-hybridized carbons (Fsp3) is 0.400. The van der Waals surface area contributed by atoms with E-state index < -0.39 is 0 Å².